The zero-order valence-electron chi connectivity index (χ0n) is 12.7. The number of carbonyl (C=O) groups excluding carboxylic acids is 1. The highest BCUT2D eigenvalue weighted by molar-refractivity contribution is 6.33. The summed E-state index contributed by atoms with van der Waals surface area (Å²) in [5, 5.41) is 5.19. The number of aromatic nitrogens is 1. The molecule has 128 valence electrons. The molecule has 0 radical (unpaired) electrons. The first kappa shape index (κ1) is 17.9. The number of nitrogens with one attached hydrogen (secondary N) is 2. The van der Waals surface area contributed by atoms with E-state index in [9.17, 15) is 18.0 Å². The topological polar surface area (TPSA) is 63.2 Å². The molecular formula is C15H13ClF3N3O2. The van der Waals surface area contributed by atoms with Crippen LogP contribution in [0.4, 0.5) is 30.4 Å². The molecule has 0 saturated carbocycles. The Balaban J connectivity index is 2.34. The molecule has 2 N–H and O–H groups in total. The van der Waals surface area contributed by atoms with Gasteiger partial charge in [-0.1, -0.05) is 11.6 Å². The average Bonchev–Trinajstić information content (AvgIpc) is 2.48. The first-order valence-corrected chi connectivity index (χ1v) is 7.04. The predicted octanol–water partition coefficient (Wildman–Crippen LogP) is 4.46. The minimum Gasteiger partial charge on any atom is -0.495 e. The Labute approximate surface area is 140 Å². The Kier molecular flexibility index (Phi) is 5.18. The predicted molar refractivity (Wildman–Crippen MR) is 84.8 cm³/mol. The van der Waals surface area contributed by atoms with Gasteiger partial charge in [-0.3, -0.25) is 4.79 Å². The lowest BCUT2D eigenvalue weighted by Crippen LogP contribution is -2.08. The van der Waals surface area contributed by atoms with E-state index in [0.717, 1.165) is 6.07 Å². The van der Waals surface area contributed by atoms with Gasteiger partial charge < -0.3 is 15.4 Å². The van der Waals surface area contributed by atoms with Crippen molar-refractivity contribution >= 4 is 34.7 Å². The summed E-state index contributed by atoms with van der Waals surface area (Å²) in [6, 6.07) is 5.54. The van der Waals surface area contributed by atoms with Crippen LogP contribution >= 0.6 is 11.6 Å². The number of alkyl halides is 3. The summed E-state index contributed by atoms with van der Waals surface area (Å²) in [5.74, 6) is 0.168. The van der Waals surface area contributed by atoms with E-state index >= 15 is 0 Å². The number of amides is 1. The fourth-order valence-corrected chi connectivity index (χ4v) is 2.11. The average molecular weight is 360 g/mol. The summed E-state index contributed by atoms with van der Waals surface area (Å²) in [6.45, 7) is 1.35. The number of hydrogen-bond donors (Lipinski definition) is 2. The maximum Gasteiger partial charge on any atom is 0.417 e. The van der Waals surface area contributed by atoms with Gasteiger partial charge >= 0.3 is 6.18 Å². The highest BCUT2D eigenvalue weighted by Crippen LogP contribution is 2.35. The molecule has 0 fully saturated rings. The quantitative estimate of drug-likeness (QED) is 0.845. The van der Waals surface area contributed by atoms with E-state index in [1.807, 2.05) is 0 Å². The van der Waals surface area contributed by atoms with Crippen LogP contribution in [0.3, 0.4) is 0 Å². The van der Waals surface area contributed by atoms with E-state index in [1.165, 1.54) is 14.0 Å². The summed E-state index contributed by atoms with van der Waals surface area (Å²) in [6.07, 6.45) is -3.85. The molecule has 0 aliphatic carbocycles. The smallest absolute Gasteiger partial charge is 0.417 e. The van der Waals surface area contributed by atoms with Gasteiger partial charge in [-0.05, 0) is 24.3 Å². The van der Waals surface area contributed by atoms with E-state index in [1.54, 1.807) is 18.2 Å². The number of anilines is 3. The van der Waals surface area contributed by atoms with Crippen LogP contribution in [0, 0.1) is 0 Å². The fraction of sp³-hybridized carbons (Fsp3) is 0.200. The Morgan fingerprint density at radius 1 is 1.29 bits per heavy atom. The van der Waals surface area contributed by atoms with Gasteiger partial charge in [-0.2, -0.15) is 13.2 Å². The van der Waals surface area contributed by atoms with Gasteiger partial charge in [0.05, 0.1) is 23.4 Å². The summed E-state index contributed by atoms with van der Waals surface area (Å²) in [4.78, 5) is 14.8. The summed E-state index contributed by atoms with van der Waals surface area (Å²) in [5.41, 5.74) is -0.0799. The minimum atomic E-state index is -4.53. The molecule has 0 aliphatic heterocycles. The fourth-order valence-electron chi connectivity index (χ4n) is 1.90. The molecule has 9 heteroatoms. The van der Waals surface area contributed by atoms with Crippen LogP contribution in [0.25, 0.3) is 0 Å². The lowest BCUT2D eigenvalue weighted by molar-refractivity contribution is -0.137. The van der Waals surface area contributed by atoms with Crippen molar-refractivity contribution in [1.82, 2.24) is 4.98 Å². The van der Waals surface area contributed by atoms with Crippen molar-refractivity contribution in [2.75, 3.05) is 17.7 Å². The first-order chi connectivity index (χ1) is 11.2. The van der Waals surface area contributed by atoms with Crippen molar-refractivity contribution in [3.05, 3.63) is 41.0 Å². The maximum absolute atomic E-state index is 12.6. The Hall–Kier alpha value is -2.48. The van der Waals surface area contributed by atoms with Crippen molar-refractivity contribution in [2.45, 2.75) is 13.1 Å². The van der Waals surface area contributed by atoms with Gasteiger partial charge in [0, 0.05) is 18.8 Å². The van der Waals surface area contributed by atoms with Crippen molar-refractivity contribution in [1.29, 1.82) is 0 Å². The van der Waals surface area contributed by atoms with Crippen LogP contribution in [0.1, 0.15) is 12.5 Å². The molecule has 24 heavy (non-hydrogen) atoms. The van der Waals surface area contributed by atoms with Crippen molar-refractivity contribution < 1.29 is 22.7 Å². The molecule has 0 unspecified atom stereocenters. The van der Waals surface area contributed by atoms with Crippen LogP contribution in [-0.2, 0) is 11.0 Å². The summed E-state index contributed by atoms with van der Waals surface area (Å²) < 4.78 is 43.1. The van der Waals surface area contributed by atoms with Crippen LogP contribution < -0.4 is 15.4 Å². The van der Waals surface area contributed by atoms with Crippen molar-refractivity contribution in [3.63, 3.8) is 0 Å². The van der Waals surface area contributed by atoms with Gasteiger partial charge in [0.1, 0.15) is 11.6 Å². The number of carbonyl (C=O) groups is 1. The largest absolute Gasteiger partial charge is 0.495 e. The summed E-state index contributed by atoms with van der Waals surface area (Å²) in [7, 11) is 1.43. The second-order valence-electron chi connectivity index (χ2n) is 4.77. The second kappa shape index (κ2) is 6.96. The van der Waals surface area contributed by atoms with E-state index in [0.29, 0.717) is 23.3 Å². The zero-order chi connectivity index (χ0) is 17.9. The summed E-state index contributed by atoms with van der Waals surface area (Å²) >= 11 is 5.87. The third kappa shape index (κ3) is 4.29. The van der Waals surface area contributed by atoms with Crippen LogP contribution in [-0.4, -0.2) is 18.0 Å². The van der Waals surface area contributed by atoms with E-state index in [2.05, 4.69) is 15.6 Å². The second-order valence-corrected chi connectivity index (χ2v) is 5.18. The molecule has 0 saturated heterocycles. The van der Waals surface area contributed by atoms with Crippen molar-refractivity contribution in [3.8, 4) is 5.75 Å². The molecule has 5 nitrogen and oxygen atoms in total. The third-order valence-electron chi connectivity index (χ3n) is 2.94. The minimum absolute atomic E-state index is 0.0305. The highest BCUT2D eigenvalue weighted by atomic mass is 35.5. The molecule has 2 rings (SSSR count). The molecule has 1 heterocycles. The maximum atomic E-state index is 12.6. The molecule has 1 aromatic carbocycles. The lowest BCUT2D eigenvalue weighted by Gasteiger charge is -2.14. The van der Waals surface area contributed by atoms with Gasteiger partial charge in [0.25, 0.3) is 0 Å². The highest BCUT2D eigenvalue weighted by Gasteiger charge is 2.31. The van der Waals surface area contributed by atoms with Gasteiger partial charge in [-0.15, -0.1) is 0 Å². The number of rotatable bonds is 4. The Morgan fingerprint density at radius 3 is 2.54 bits per heavy atom. The number of halogens is 4. The molecular weight excluding hydrogens is 347 g/mol. The van der Waals surface area contributed by atoms with Crippen LogP contribution in [0.5, 0.6) is 5.75 Å². The zero-order valence-corrected chi connectivity index (χ0v) is 13.4. The van der Waals surface area contributed by atoms with E-state index in [4.69, 9.17) is 16.3 Å². The van der Waals surface area contributed by atoms with Crippen LogP contribution in [0.15, 0.2) is 30.5 Å². The van der Waals surface area contributed by atoms with E-state index in [-0.39, 0.29) is 16.7 Å². The number of benzene rings is 1. The standard InChI is InChI=1S/C15H13ClF3N3O2/c1-8(23)21-10-3-4-13(24-2)12(6-10)22-14-11(16)5-9(7-20-14)15(17,18)19/h3-7H,1-2H3,(H,20,22)(H,21,23). The molecule has 1 amide bonds. The number of pyridine rings is 1. The normalized spacial score (nSPS) is 11.1. The molecule has 1 aromatic heterocycles. The molecule has 0 bridgehead atoms. The molecule has 0 atom stereocenters. The van der Waals surface area contributed by atoms with Crippen molar-refractivity contribution in [2.24, 2.45) is 0 Å². The number of hydrogen-bond acceptors (Lipinski definition) is 4. The lowest BCUT2D eigenvalue weighted by atomic mass is 10.2. The molecule has 0 aliphatic rings. The third-order valence-corrected chi connectivity index (χ3v) is 3.23. The van der Waals surface area contributed by atoms with Gasteiger partial charge in [-0.25, -0.2) is 4.98 Å². The molecule has 0 spiro atoms. The van der Waals surface area contributed by atoms with Gasteiger partial charge in [0.2, 0.25) is 5.91 Å². The Bertz CT molecular complexity index is 766. The van der Waals surface area contributed by atoms with Gasteiger partial charge in [0.15, 0.2) is 0 Å². The van der Waals surface area contributed by atoms with E-state index < -0.39 is 11.7 Å². The molecule has 2 aromatic rings. The number of nitrogens with zero attached hydrogens (tertiary/aromatic N) is 1. The number of methoxy groups -OCH3 is 1. The van der Waals surface area contributed by atoms with Crippen LogP contribution in [0.2, 0.25) is 5.02 Å². The number of ether oxygens (including phenoxy) is 1. The SMILES string of the molecule is COc1ccc(NC(C)=O)cc1Nc1ncc(C(F)(F)F)cc1Cl. The first-order valence-electron chi connectivity index (χ1n) is 6.66. The Morgan fingerprint density at radius 2 is 2.00 bits per heavy atom. The monoisotopic (exact) mass is 359 g/mol.